The van der Waals surface area contributed by atoms with E-state index in [4.69, 9.17) is 4.74 Å². The molecule has 16 heavy (non-hydrogen) atoms. The van der Waals surface area contributed by atoms with E-state index in [0.717, 1.165) is 0 Å². The highest BCUT2D eigenvalue weighted by molar-refractivity contribution is 5.71. The number of carbonyl (C=O) groups is 1. The van der Waals surface area contributed by atoms with Crippen molar-refractivity contribution in [2.45, 2.75) is 6.92 Å². The average molecular weight is 221 g/mol. The van der Waals surface area contributed by atoms with Crippen LogP contribution in [0.2, 0.25) is 0 Å². The molecule has 0 unspecified atom stereocenters. The molecule has 1 rings (SSSR count). The second-order valence-corrected chi connectivity index (χ2v) is 3.19. The van der Waals surface area contributed by atoms with Gasteiger partial charge in [0.2, 0.25) is 0 Å². The fourth-order valence-electron chi connectivity index (χ4n) is 1.11. The standard InChI is InChI=1S/C11H11NO4/c1-8(7-16-9(2)13)10-4-3-5-11(6-10)12(14)15/h3-6H,1,7H2,2H3. The van der Waals surface area contributed by atoms with Gasteiger partial charge < -0.3 is 4.74 Å². The molecule has 0 amide bonds. The van der Waals surface area contributed by atoms with Crippen molar-refractivity contribution in [2.24, 2.45) is 0 Å². The maximum Gasteiger partial charge on any atom is 0.302 e. The number of hydrogen-bond acceptors (Lipinski definition) is 4. The molecular weight excluding hydrogens is 210 g/mol. The third kappa shape index (κ3) is 3.20. The molecule has 0 atom stereocenters. The van der Waals surface area contributed by atoms with E-state index in [1.807, 2.05) is 0 Å². The van der Waals surface area contributed by atoms with Crippen molar-refractivity contribution in [2.75, 3.05) is 6.61 Å². The quantitative estimate of drug-likeness (QED) is 0.444. The lowest BCUT2D eigenvalue weighted by molar-refractivity contribution is -0.384. The topological polar surface area (TPSA) is 69.4 Å². The monoisotopic (exact) mass is 221 g/mol. The van der Waals surface area contributed by atoms with Crippen LogP contribution in [-0.2, 0) is 9.53 Å². The average Bonchev–Trinajstić information content (AvgIpc) is 2.26. The molecule has 0 saturated heterocycles. The van der Waals surface area contributed by atoms with Crippen LogP contribution in [0.1, 0.15) is 12.5 Å². The molecule has 0 aromatic heterocycles. The van der Waals surface area contributed by atoms with Gasteiger partial charge in [0.1, 0.15) is 6.61 Å². The molecule has 5 heteroatoms. The zero-order chi connectivity index (χ0) is 12.1. The van der Waals surface area contributed by atoms with Crippen LogP contribution < -0.4 is 0 Å². The predicted molar refractivity (Wildman–Crippen MR) is 58.8 cm³/mol. The van der Waals surface area contributed by atoms with E-state index < -0.39 is 10.9 Å². The molecule has 0 fully saturated rings. The lowest BCUT2D eigenvalue weighted by Gasteiger charge is -2.05. The van der Waals surface area contributed by atoms with Gasteiger partial charge in [0.05, 0.1) is 4.92 Å². The molecule has 0 aliphatic carbocycles. The summed E-state index contributed by atoms with van der Waals surface area (Å²) in [6.45, 7) is 5.03. The molecule has 0 aliphatic heterocycles. The molecule has 0 saturated carbocycles. The summed E-state index contributed by atoms with van der Waals surface area (Å²) in [5.74, 6) is -0.411. The van der Waals surface area contributed by atoms with Gasteiger partial charge in [-0.15, -0.1) is 0 Å². The minimum Gasteiger partial charge on any atom is -0.461 e. The summed E-state index contributed by atoms with van der Waals surface area (Å²) in [7, 11) is 0. The van der Waals surface area contributed by atoms with E-state index in [0.29, 0.717) is 11.1 Å². The molecule has 0 radical (unpaired) electrons. The molecule has 84 valence electrons. The fraction of sp³-hybridized carbons (Fsp3) is 0.182. The Labute approximate surface area is 92.5 Å². The van der Waals surface area contributed by atoms with Crippen LogP contribution in [0.15, 0.2) is 30.8 Å². The predicted octanol–water partition coefficient (Wildman–Crippen LogP) is 2.17. The van der Waals surface area contributed by atoms with Crippen LogP contribution in [-0.4, -0.2) is 17.5 Å². The van der Waals surface area contributed by atoms with Crippen molar-refractivity contribution in [1.82, 2.24) is 0 Å². The first-order chi connectivity index (χ1) is 7.50. The molecule has 0 heterocycles. The number of carbonyl (C=O) groups excluding carboxylic acids is 1. The SMILES string of the molecule is C=C(COC(C)=O)c1cccc([N+](=O)[O-])c1. The van der Waals surface area contributed by atoms with Crippen molar-refractivity contribution in [3.05, 3.63) is 46.5 Å². The number of nitro benzene ring substituents is 1. The summed E-state index contributed by atoms with van der Waals surface area (Å²) < 4.78 is 4.75. The third-order valence-electron chi connectivity index (χ3n) is 1.91. The maximum absolute atomic E-state index is 10.6. The Kier molecular flexibility index (Phi) is 3.77. The Hall–Kier alpha value is -2.17. The van der Waals surface area contributed by atoms with Gasteiger partial charge in [-0.3, -0.25) is 14.9 Å². The largest absolute Gasteiger partial charge is 0.461 e. The first-order valence-electron chi connectivity index (χ1n) is 4.56. The van der Waals surface area contributed by atoms with Crippen LogP contribution in [0.3, 0.4) is 0 Å². The Bertz CT molecular complexity index is 439. The Morgan fingerprint density at radius 2 is 2.25 bits per heavy atom. The zero-order valence-corrected chi connectivity index (χ0v) is 8.80. The van der Waals surface area contributed by atoms with E-state index in [1.165, 1.54) is 19.1 Å². The van der Waals surface area contributed by atoms with E-state index >= 15 is 0 Å². The van der Waals surface area contributed by atoms with Crippen LogP contribution in [0.4, 0.5) is 5.69 Å². The minimum atomic E-state index is -0.484. The number of hydrogen-bond donors (Lipinski definition) is 0. The molecule has 1 aromatic carbocycles. The number of esters is 1. The second kappa shape index (κ2) is 5.06. The minimum absolute atomic E-state index is 0.0125. The summed E-state index contributed by atoms with van der Waals surface area (Å²) in [4.78, 5) is 20.6. The van der Waals surface area contributed by atoms with Gasteiger partial charge in [-0.2, -0.15) is 0 Å². The second-order valence-electron chi connectivity index (χ2n) is 3.19. The molecular formula is C11H11NO4. The Morgan fingerprint density at radius 1 is 1.56 bits per heavy atom. The molecule has 0 spiro atoms. The van der Waals surface area contributed by atoms with Gasteiger partial charge in [-0.05, 0) is 11.1 Å². The van der Waals surface area contributed by atoms with Crippen molar-refractivity contribution in [3.8, 4) is 0 Å². The van der Waals surface area contributed by atoms with Crippen molar-refractivity contribution in [3.63, 3.8) is 0 Å². The summed E-state index contributed by atoms with van der Waals surface area (Å²) in [5, 5.41) is 10.5. The number of ether oxygens (including phenoxy) is 1. The van der Waals surface area contributed by atoms with Gasteiger partial charge in [0, 0.05) is 19.1 Å². The summed E-state index contributed by atoms with van der Waals surface area (Å²) >= 11 is 0. The summed E-state index contributed by atoms with van der Waals surface area (Å²) in [5.41, 5.74) is 1.11. The highest BCUT2D eigenvalue weighted by Crippen LogP contribution is 2.19. The van der Waals surface area contributed by atoms with Crippen molar-refractivity contribution in [1.29, 1.82) is 0 Å². The van der Waals surface area contributed by atoms with E-state index in [1.54, 1.807) is 12.1 Å². The molecule has 5 nitrogen and oxygen atoms in total. The van der Waals surface area contributed by atoms with E-state index in [2.05, 4.69) is 6.58 Å². The number of nitro groups is 1. The van der Waals surface area contributed by atoms with Gasteiger partial charge in [0.25, 0.3) is 5.69 Å². The van der Waals surface area contributed by atoms with Crippen LogP contribution >= 0.6 is 0 Å². The number of rotatable bonds is 4. The summed E-state index contributed by atoms with van der Waals surface area (Å²) in [6, 6.07) is 6.03. The number of non-ortho nitro benzene ring substituents is 1. The van der Waals surface area contributed by atoms with Crippen LogP contribution in [0, 0.1) is 10.1 Å². The Morgan fingerprint density at radius 3 is 2.81 bits per heavy atom. The lowest BCUT2D eigenvalue weighted by atomic mass is 10.1. The summed E-state index contributed by atoms with van der Waals surface area (Å²) in [6.07, 6.45) is 0. The van der Waals surface area contributed by atoms with Gasteiger partial charge in [-0.25, -0.2) is 0 Å². The normalized spacial score (nSPS) is 9.56. The zero-order valence-electron chi connectivity index (χ0n) is 8.80. The van der Waals surface area contributed by atoms with Gasteiger partial charge >= 0.3 is 5.97 Å². The van der Waals surface area contributed by atoms with Crippen molar-refractivity contribution >= 4 is 17.2 Å². The number of nitrogens with zero attached hydrogens (tertiary/aromatic N) is 1. The fourth-order valence-corrected chi connectivity index (χ4v) is 1.11. The Balaban J connectivity index is 2.79. The third-order valence-corrected chi connectivity index (χ3v) is 1.91. The van der Waals surface area contributed by atoms with Crippen LogP contribution in [0.5, 0.6) is 0 Å². The first kappa shape index (κ1) is 11.9. The molecule has 0 bridgehead atoms. The van der Waals surface area contributed by atoms with E-state index in [9.17, 15) is 14.9 Å². The molecule has 0 aliphatic rings. The maximum atomic E-state index is 10.6. The van der Waals surface area contributed by atoms with Gasteiger partial charge in [-0.1, -0.05) is 18.7 Å². The van der Waals surface area contributed by atoms with Crippen LogP contribution in [0.25, 0.3) is 5.57 Å². The highest BCUT2D eigenvalue weighted by atomic mass is 16.6. The van der Waals surface area contributed by atoms with E-state index in [-0.39, 0.29) is 12.3 Å². The molecule has 0 N–H and O–H groups in total. The van der Waals surface area contributed by atoms with Gasteiger partial charge in [0.15, 0.2) is 0 Å². The smallest absolute Gasteiger partial charge is 0.302 e. The lowest BCUT2D eigenvalue weighted by Crippen LogP contribution is -2.02. The number of benzene rings is 1. The van der Waals surface area contributed by atoms with Crippen molar-refractivity contribution < 1.29 is 14.5 Å². The highest BCUT2D eigenvalue weighted by Gasteiger charge is 2.08. The molecule has 1 aromatic rings. The first-order valence-corrected chi connectivity index (χ1v) is 4.56.